The molecule has 14 heavy (non-hydrogen) atoms. The number of rotatable bonds is 3. The van der Waals surface area contributed by atoms with Crippen molar-refractivity contribution >= 4 is 15.8 Å². The minimum absolute atomic E-state index is 0.00889. The molecule has 2 N–H and O–H groups in total. The van der Waals surface area contributed by atoms with Gasteiger partial charge in [0.15, 0.2) is 0 Å². The number of sulfonamides is 1. The summed E-state index contributed by atoms with van der Waals surface area (Å²) in [6.07, 6.45) is 1.72. The predicted octanol–water partition coefficient (Wildman–Crippen LogP) is -0.00130. The second-order valence-electron chi connectivity index (χ2n) is 3.42. The van der Waals surface area contributed by atoms with Crippen molar-refractivity contribution < 1.29 is 8.42 Å². The number of nitrogen functional groups attached to an aromatic ring is 1. The standard InChI is InChI=1S/C8H15N3O2S/c1-10(2)14(12,13)6-7-4-8(9)11(3)5-7/h4-5H,6,9H2,1-3H3. The molecule has 6 heteroatoms. The lowest BCUT2D eigenvalue weighted by atomic mass is 10.4. The van der Waals surface area contributed by atoms with Gasteiger partial charge in [0, 0.05) is 27.3 Å². The molecule has 0 amide bonds. The number of nitrogens with zero attached hydrogens (tertiary/aromatic N) is 2. The van der Waals surface area contributed by atoms with Gasteiger partial charge >= 0.3 is 0 Å². The fraction of sp³-hybridized carbons (Fsp3) is 0.500. The molecule has 1 rings (SSSR count). The largest absolute Gasteiger partial charge is 0.385 e. The summed E-state index contributed by atoms with van der Waals surface area (Å²) in [6, 6.07) is 1.67. The monoisotopic (exact) mass is 217 g/mol. The first kappa shape index (κ1) is 11.1. The summed E-state index contributed by atoms with van der Waals surface area (Å²) in [4.78, 5) is 0. The second-order valence-corrected chi connectivity index (χ2v) is 5.61. The van der Waals surface area contributed by atoms with Crippen LogP contribution < -0.4 is 5.73 Å². The minimum Gasteiger partial charge on any atom is -0.385 e. The Morgan fingerprint density at radius 1 is 1.50 bits per heavy atom. The third-order valence-electron chi connectivity index (χ3n) is 2.01. The van der Waals surface area contributed by atoms with Gasteiger partial charge in [-0.15, -0.1) is 0 Å². The molecule has 0 fully saturated rings. The Bertz CT molecular complexity index is 400. The van der Waals surface area contributed by atoms with Gasteiger partial charge in [0.1, 0.15) is 5.82 Å². The fourth-order valence-corrected chi connectivity index (χ4v) is 1.91. The van der Waals surface area contributed by atoms with Crippen molar-refractivity contribution in [3.63, 3.8) is 0 Å². The van der Waals surface area contributed by atoms with E-state index in [-0.39, 0.29) is 5.75 Å². The van der Waals surface area contributed by atoms with E-state index in [1.807, 2.05) is 0 Å². The van der Waals surface area contributed by atoms with Crippen LogP contribution in [0.1, 0.15) is 5.56 Å². The third-order valence-corrected chi connectivity index (χ3v) is 3.82. The Hall–Kier alpha value is -1.01. The van der Waals surface area contributed by atoms with E-state index in [0.29, 0.717) is 11.4 Å². The molecule has 1 aromatic heterocycles. The molecule has 0 aliphatic carbocycles. The van der Waals surface area contributed by atoms with Crippen LogP contribution in [0.5, 0.6) is 0 Å². The first-order valence-electron chi connectivity index (χ1n) is 4.14. The van der Waals surface area contributed by atoms with Crippen LogP contribution >= 0.6 is 0 Å². The van der Waals surface area contributed by atoms with Gasteiger partial charge in [0.05, 0.1) is 5.75 Å². The second kappa shape index (κ2) is 3.62. The number of anilines is 1. The first-order valence-corrected chi connectivity index (χ1v) is 5.75. The van der Waals surface area contributed by atoms with Crippen LogP contribution in [0, 0.1) is 0 Å². The molecule has 1 heterocycles. The molecule has 1 aromatic rings. The van der Waals surface area contributed by atoms with E-state index in [2.05, 4.69) is 0 Å². The smallest absolute Gasteiger partial charge is 0.217 e. The Morgan fingerprint density at radius 2 is 2.07 bits per heavy atom. The van der Waals surface area contributed by atoms with Crippen LogP contribution in [0.3, 0.4) is 0 Å². The van der Waals surface area contributed by atoms with Crippen LogP contribution in [-0.2, 0) is 22.8 Å². The van der Waals surface area contributed by atoms with Crippen LogP contribution in [-0.4, -0.2) is 31.4 Å². The SMILES string of the molecule is CN(C)S(=O)(=O)Cc1cc(N)n(C)c1. The molecular formula is C8H15N3O2S. The molecule has 80 valence electrons. The Labute approximate surface area is 84.2 Å². The van der Waals surface area contributed by atoms with Crippen molar-refractivity contribution in [2.45, 2.75) is 5.75 Å². The van der Waals surface area contributed by atoms with Gasteiger partial charge < -0.3 is 10.3 Å². The summed E-state index contributed by atoms with van der Waals surface area (Å²) in [5.74, 6) is 0.555. The van der Waals surface area contributed by atoms with Gasteiger partial charge in [-0.05, 0) is 11.6 Å². The lowest BCUT2D eigenvalue weighted by Gasteiger charge is -2.09. The van der Waals surface area contributed by atoms with Gasteiger partial charge in [0.2, 0.25) is 10.0 Å². The maximum atomic E-state index is 11.5. The summed E-state index contributed by atoms with van der Waals surface area (Å²) < 4.78 is 25.9. The van der Waals surface area contributed by atoms with Crippen LogP contribution in [0.2, 0.25) is 0 Å². The lowest BCUT2D eigenvalue weighted by Crippen LogP contribution is -2.23. The van der Waals surface area contributed by atoms with Crippen molar-refractivity contribution in [2.24, 2.45) is 7.05 Å². The van der Waals surface area contributed by atoms with E-state index < -0.39 is 10.0 Å². The summed E-state index contributed by atoms with van der Waals surface area (Å²) >= 11 is 0. The van der Waals surface area contributed by atoms with Gasteiger partial charge in [0.25, 0.3) is 0 Å². The first-order chi connectivity index (χ1) is 6.33. The zero-order valence-electron chi connectivity index (χ0n) is 8.56. The topological polar surface area (TPSA) is 68.3 Å². The fourth-order valence-electron chi connectivity index (χ4n) is 1.07. The molecule has 5 nitrogen and oxygen atoms in total. The van der Waals surface area contributed by atoms with Crippen LogP contribution in [0.15, 0.2) is 12.3 Å². The van der Waals surface area contributed by atoms with E-state index in [9.17, 15) is 8.42 Å². The average Bonchev–Trinajstić information content (AvgIpc) is 2.29. The molecule has 0 spiro atoms. The van der Waals surface area contributed by atoms with Crippen molar-refractivity contribution in [3.05, 3.63) is 17.8 Å². The summed E-state index contributed by atoms with van der Waals surface area (Å²) in [6.45, 7) is 0. The molecule has 0 unspecified atom stereocenters. The van der Waals surface area contributed by atoms with Gasteiger partial charge in [-0.1, -0.05) is 0 Å². The zero-order chi connectivity index (χ0) is 10.9. The van der Waals surface area contributed by atoms with E-state index >= 15 is 0 Å². The molecule has 0 aliphatic rings. The minimum atomic E-state index is -3.19. The quantitative estimate of drug-likeness (QED) is 0.774. The molecule has 0 aromatic carbocycles. The Morgan fingerprint density at radius 3 is 2.43 bits per heavy atom. The van der Waals surface area contributed by atoms with Crippen molar-refractivity contribution in [1.82, 2.24) is 8.87 Å². The van der Waals surface area contributed by atoms with Crippen LogP contribution in [0.25, 0.3) is 0 Å². The van der Waals surface area contributed by atoms with Gasteiger partial charge in [-0.25, -0.2) is 12.7 Å². The third kappa shape index (κ3) is 2.27. The molecule has 0 atom stereocenters. The molecule has 0 aliphatic heterocycles. The summed E-state index contributed by atoms with van der Waals surface area (Å²) in [5, 5.41) is 0. The highest BCUT2D eigenvalue weighted by Gasteiger charge is 2.15. The summed E-state index contributed by atoms with van der Waals surface area (Å²) in [7, 11) is 1.62. The van der Waals surface area contributed by atoms with Gasteiger partial charge in [-0.2, -0.15) is 0 Å². The molecule has 0 bridgehead atoms. The van der Waals surface area contributed by atoms with E-state index in [1.165, 1.54) is 18.4 Å². The predicted molar refractivity (Wildman–Crippen MR) is 56.1 cm³/mol. The molecule has 0 saturated heterocycles. The van der Waals surface area contributed by atoms with E-state index in [1.54, 1.807) is 23.9 Å². The number of hydrogen-bond acceptors (Lipinski definition) is 3. The highest BCUT2D eigenvalue weighted by molar-refractivity contribution is 7.88. The number of nitrogens with two attached hydrogens (primary N) is 1. The van der Waals surface area contributed by atoms with Crippen LogP contribution in [0.4, 0.5) is 5.82 Å². The van der Waals surface area contributed by atoms with E-state index in [0.717, 1.165) is 0 Å². The van der Waals surface area contributed by atoms with Crippen molar-refractivity contribution in [1.29, 1.82) is 0 Å². The van der Waals surface area contributed by atoms with E-state index in [4.69, 9.17) is 5.73 Å². The highest BCUT2D eigenvalue weighted by Crippen LogP contribution is 2.13. The molecule has 0 radical (unpaired) electrons. The highest BCUT2D eigenvalue weighted by atomic mass is 32.2. The number of hydrogen-bond donors (Lipinski definition) is 1. The van der Waals surface area contributed by atoms with Gasteiger partial charge in [-0.3, -0.25) is 0 Å². The number of aryl methyl sites for hydroxylation is 1. The zero-order valence-corrected chi connectivity index (χ0v) is 9.37. The molecular weight excluding hydrogens is 202 g/mol. The summed E-state index contributed by atoms with van der Waals surface area (Å²) in [5.41, 5.74) is 6.30. The Balaban J connectivity index is 2.90. The average molecular weight is 217 g/mol. The van der Waals surface area contributed by atoms with Crippen molar-refractivity contribution in [2.75, 3.05) is 19.8 Å². The number of aromatic nitrogens is 1. The van der Waals surface area contributed by atoms with Crippen molar-refractivity contribution in [3.8, 4) is 0 Å². The lowest BCUT2D eigenvalue weighted by molar-refractivity contribution is 0.519. The normalized spacial score (nSPS) is 12.3. The maximum absolute atomic E-state index is 11.5. The maximum Gasteiger partial charge on any atom is 0.217 e. The Kier molecular flexibility index (Phi) is 2.86. The molecule has 0 saturated carbocycles.